The Bertz CT molecular complexity index is 190. The van der Waals surface area contributed by atoms with Crippen LogP contribution in [0.3, 0.4) is 0 Å². The third kappa shape index (κ3) is 0.914. The molecule has 1 atom stereocenters. The number of cyclic esters (lactones) is 1. The summed E-state index contributed by atoms with van der Waals surface area (Å²) in [5.41, 5.74) is 0. The summed E-state index contributed by atoms with van der Waals surface area (Å²) in [6.45, 7) is 4.54. The van der Waals surface area contributed by atoms with Crippen LogP contribution < -0.4 is 0 Å². The summed E-state index contributed by atoms with van der Waals surface area (Å²) in [6, 6.07) is 0.177. The number of rotatable bonds is 0. The minimum atomic E-state index is -0.209. The molecule has 0 aromatic heterocycles. The van der Waals surface area contributed by atoms with Gasteiger partial charge in [-0.2, -0.15) is 0 Å². The molecule has 0 aliphatic carbocycles. The quantitative estimate of drug-likeness (QED) is 0.528. The number of hydrogen-bond donors (Lipinski definition) is 0. The van der Waals surface area contributed by atoms with Crippen molar-refractivity contribution in [3.8, 4) is 0 Å². The molecule has 0 radical (unpaired) electrons. The highest BCUT2D eigenvalue weighted by molar-refractivity contribution is 5.73. The molecule has 1 amide bonds. The van der Waals surface area contributed by atoms with Crippen molar-refractivity contribution >= 4 is 6.09 Å². The average molecular weight is 153 g/mol. The molecule has 0 aromatic carbocycles. The number of hydrogen-bond acceptors (Lipinski definition) is 2. The lowest BCUT2D eigenvalue weighted by Gasteiger charge is -2.25. The van der Waals surface area contributed by atoms with Crippen LogP contribution in [0.25, 0.3) is 0 Å². The standard InChI is InChI=1S/C8H11NO2/c1-6-7-4-2-3-5-9(7)8(10)11-6/h7H,1-5H2. The summed E-state index contributed by atoms with van der Waals surface area (Å²) >= 11 is 0. The maximum Gasteiger partial charge on any atom is 0.415 e. The summed E-state index contributed by atoms with van der Waals surface area (Å²) in [7, 11) is 0. The summed E-state index contributed by atoms with van der Waals surface area (Å²) in [4.78, 5) is 12.8. The van der Waals surface area contributed by atoms with Crippen molar-refractivity contribution in [2.24, 2.45) is 0 Å². The Morgan fingerprint density at radius 3 is 3.09 bits per heavy atom. The smallest absolute Gasteiger partial charge is 0.413 e. The van der Waals surface area contributed by atoms with Crippen LogP contribution in [0.5, 0.6) is 0 Å². The van der Waals surface area contributed by atoms with Crippen LogP contribution in [0.15, 0.2) is 12.3 Å². The Morgan fingerprint density at radius 1 is 1.55 bits per heavy atom. The van der Waals surface area contributed by atoms with Crippen LogP contribution in [0.4, 0.5) is 4.79 Å². The molecular weight excluding hydrogens is 142 g/mol. The average Bonchev–Trinajstić information content (AvgIpc) is 2.30. The molecule has 0 N–H and O–H groups in total. The van der Waals surface area contributed by atoms with Crippen molar-refractivity contribution < 1.29 is 9.53 Å². The Labute approximate surface area is 65.6 Å². The van der Waals surface area contributed by atoms with Gasteiger partial charge in [-0.05, 0) is 19.3 Å². The molecule has 0 spiro atoms. The highest BCUT2D eigenvalue weighted by atomic mass is 16.6. The van der Waals surface area contributed by atoms with E-state index in [2.05, 4.69) is 6.58 Å². The zero-order valence-electron chi connectivity index (χ0n) is 6.38. The molecule has 2 saturated heterocycles. The third-order valence-electron chi connectivity index (χ3n) is 2.33. The maximum atomic E-state index is 11.1. The lowest BCUT2D eigenvalue weighted by Crippen LogP contribution is -2.36. The lowest BCUT2D eigenvalue weighted by molar-refractivity contribution is 0.158. The molecule has 3 heteroatoms. The fourth-order valence-electron chi connectivity index (χ4n) is 1.72. The second-order valence-electron chi connectivity index (χ2n) is 3.04. The van der Waals surface area contributed by atoms with Gasteiger partial charge in [-0.1, -0.05) is 6.58 Å². The fourth-order valence-corrected chi connectivity index (χ4v) is 1.72. The first kappa shape index (κ1) is 6.70. The summed E-state index contributed by atoms with van der Waals surface area (Å²) in [5.74, 6) is 0.634. The highest BCUT2D eigenvalue weighted by Gasteiger charge is 2.37. The Hall–Kier alpha value is -0.990. The number of carbonyl (C=O) groups is 1. The molecule has 11 heavy (non-hydrogen) atoms. The van der Waals surface area contributed by atoms with Crippen LogP contribution in [0.1, 0.15) is 19.3 Å². The van der Waals surface area contributed by atoms with Gasteiger partial charge in [0.1, 0.15) is 5.76 Å². The normalized spacial score (nSPS) is 30.2. The minimum absolute atomic E-state index is 0.177. The third-order valence-corrected chi connectivity index (χ3v) is 2.33. The molecule has 60 valence electrons. The second kappa shape index (κ2) is 2.26. The molecule has 3 nitrogen and oxygen atoms in total. The van der Waals surface area contributed by atoms with E-state index in [4.69, 9.17) is 4.74 Å². The van der Waals surface area contributed by atoms with E-state index in [0.717, 1.165) is 19.4 Å². The largest absolute Gasteiger partial charge is 0.415 e. The number of nitrogens with zero attached hydrogens (tertiary/aromatic N) is 1. The van der Waals surface area contributed by atoms with Gasteiger partial charge in [-0.25, -0.2) is 4.79 Å². The van der Waals surface area contributed by atoms with Crippen molar-refractivity contribution in [2.75, 3.05) is 6.54 Å². The Morgan fingerprint density at radius 2 is 2.36 bits per heavy atom. The number of ether oxygens (including phenoxy) is 1. The van der Waals surface area contributed by atoms with E-state index in [1.165, 1.54) is 6.42 Å². The van der Waals surface area contributed by atoms with E-state index in [9.17, 15) is 4.79 Å². The van der Waals surface area contributed by atoms with Gasteiger partial charge in [0.2, 0.25) is 0 Å². The zero-order valence-corrected chi connectivity index (χ0v) is 6.38. The first-order valence-corrected chi connectivity index (χ1v) is 3.96. The van der Waals surface area contributed by atoms with Gasteiger partial charge in [0.05, 0.1) is 6.04 Å². The monoisotopic (exact) mass is 153 g/mol. The van der Waals surface area contributed by atoms with Crippen molar-refractivity contribution in [2.45, 2.75) is 25.3 Å². The molecule has 2 rings (SSSR count). The first-order valence-electron chi connectivity index (χ1n) is 3.96. The highest BCUT2D eigenvalue weighted by Crippen LogP contribution is 2.29. The summed E-state index contributed by atoms with van der Waals surface area (Å²) in [5, 5.41) is 0. The number of amides is 1. The van der Waals surface area contributed by atoms with E-state index >= 15 is 0 Å². The first-order chi connectivity index (χ1) is 5.29. The molecule has 0 aromatic rings. The van der Waals surface area contributed by atoms with Crippen LogP contribution in [-0.4, -0.2) is 23.6 Å². The van der Waals surface area contributed by atoms with Gasteiger partial charge in [-0.15, -0.1) is 0 Å². The second-order valence-corrected chi connectivity index (χ2v) is 3.04. The predicted octanol–water partition coefficient (Wildman–Crippen LogP) is 1.50. The number of fused-ring (bicyclic) bond motifs is 1. The van der Waals surface area contributed by atoms with Gasteiger partial charge in [0, 0.05) is 6.54 Å². The summed E-state index contributed by atoms with van der Waals surface area (Å²) < 4.78 is 4.90. The molecule has 2 fully saturated rings. The predicted molar refractivity (Wildman–Crippen MR) is 40.0 cm³/mol. The molecule has 0 saturated carbocycles. The van der Waals surface area contributed by atoms with Crippen LogP contribution in [0, 0.1) is 0 Å². The van der Waals surface area contributed by atoms with E-state index in [-0.39, 0.29) is 12.1 Å². The lowest BCUT2D eigenvalue weighted by atomic mass is 10.0. The Kier molecular flexibility index (Phi) is 1.37. The van der Waals surface area contributed by atoms with E-state index in [0.29, 0.717) is 5.76 Å². The fraction of sp³-hybridized carbons (Fsp3) is 0.625. The van der Waals surface area contributed by atoms with E-state index < -0.39 is 0 Å². The number of piperidine rings is 1. The molecule has 2 aliphatic heterocycles. The van der Waals surface area contributed by atoms with Gasteiger partial charge < -0.3 is 4.74 Å². The summed E-state index contributed by atoms with van der Waals surface area (Å²) in [6.07, 6.45) is 3.08. The van der Waals surface area contributed by atoms with Crippen LogP contribution >= 0.6 is 0 Å². The molecule has 2 heterocycles. The molecular formula is C8H11NO2. The van der Waals surface area contributed by atoms with Crippen LogP contribution in [0.2, 0.25) is 0 Å². The Balaban J connectivity index is 2.19. The topological polar surface area (TPSA) is 29.5 Å². The van der Waals surface area contributed by atoms with Crippen molar-refractivity contribution in [3.05, 3.63) is 12.3 Å². The van der Waals surface area contributed by atoms with E-state index in [1.54, 1.807) is 4.90 Å². The van der Waals surface area contributed by atoms with Crippen molar-refractivity contribution in [3.63, 3.8) is 0 Å². The zero-order chi connectivity index (χ0) is 7.84. The van der Waals surface area contributed by atoms with Crippen molar-refractivity contribution in [1.29, 1.82) is 0 Å². The minimum Gasteiger partial charge on any atom is -0.413 e. The SMILES string of the molecule is C=C1OC(=O)N2CCCCC12. The van der Waals surface area contributed by atoms with Gasteiger partial charge in [-0.3, -0.25) is 4.90 Å². The molecule has 0 bridgehead atoms. The maximum absolute atomic E-state index is 11.1. The van der Waals surface area contributed by atoms with Gasteiger partial charge >= 0.3 is 6.09 Å². The van der Waals surface area contributed by atoms with Crippen molar-refractivity contribution in [1.82, 2.24) is 4.90 Å². The number of carbonyl (C=O) groups excluding carboxylic acids is 1. The molecule has 2 aliphatic rings. The molecule has 1 unspecified atom stereocenters. The van der Waals surface area contributed by atoms with Gasteiger partial charge in [0.25, 0.3) is 0 Å². The van der Waals surface area contributed by atoms with Crippen LogP contribution in [-0.2, 0) is 4.74 Å². The van der Waals surface area contributed by atoms with E-state index in [1.807, 2.05) is 0 Å². The van der Waals surface area contributed by atoms with Gasteiger partial charge in [0.15, 0.2) is 0 Å².